The highest BCUT2D eigenvalue weighted by atomic mass is 16.5. The zero-order valence-electron chi connectivity index (χ0n) is 10.1. The van der Waals surface area contributed by atoms with E-state index in [0.717, 1.165) is 17.6 Å². The fraction of sp³-hybridized carbons (Fsp3) is 0.462. The summed E-state index contributed by atoms with van der Waals surface area (Å²) in [5, 5.41) is 0. The van der Waals surface area contributed by atoms with Crippen molar-refractivity contribution in [3.05, 3.63) is 29.8 Å². The average molecular weight is 221 g/mol. The molecule has 0 aliphatic heterocycles. The van der Waals surface area contributed by atoms with Gasteiger partial charge < -0.3 is 15.3 Å². The number of ether oxygens (including phenoxy) is 1. The van der Waals surface area contributed by atoms with Gasteiger partial charge in [0.1, 0.15) is 17.6 Å². The molecule has 0 radical (unpaired) electrons. The Morgan fingerprint density at radius 1 is 1.31 bits per heavy atom. The summed E-state index contributed by atoms with van der Waals surface area (Å²) < 4.78 is 5.69. The van der Waals surface area contributed by atoms with Gasteiger partial charge in [-0.2, -0.15) is 0 Å². The summed E-state index contributed by atoms with van der Waals surface area (Å²) in [6.07, 6.45) is 1.33. The van der Waals surface area contributed by atoms with Crippen LogP contribution in [0.15, 0.2) is 24.3 Å². The molecule has 1 aromatic rings. The van der Waals surface area contributed by atoms with Crippen molar-refractivity contribution < 1.29 is 9.53 Å². The van der Waals surface area contributed by atoms with Gasteiger partial charge in [0.25, 0.3) is 0 Å². The lowest BCUT2D eigenvalue weighted by Gasteiger charge is -2.21. The molecule has 3 heteroatoms. The third kappa shape index (κ3) is 4.45. The number of carbonyl (C=O) groups excluding carboxylic acids is 1. The van der Waals surface area contributed by atoms with E-state index in [1.807, 2.05) is 45.0 Å². The molecule has 0 heterocycles. The minimum atomic E-state index is -0.422. The molecule has 16 heavy (non-hydrogen) atoms. The van der Waals surface area contributed by atoms with E-state index in [9.17, 15) is 4.79 Å². The molecule has 0 amide bonds. The fourth-order valence-corrected chi connectivity index (χ4v) is 1.37. The summed E-state index contributed by atoms with van der Waals surface area (Å²) in [6.45, 7) is 6.01. The highest BCUT2D eigenvalue weighted by Crippen LogP contribution is 2.18. The fourth-order valence-electron chi connectivity index (χ4n) is 1.37. The first-order chi connectivity index (χ1) is 7.40. The van der Waals surface area contributed by atoms with Gasteiger partial charge in [-0.1, -0.05) is 12.1 Å². The van der Waals surface area contributed by atoms with Crippen LogP contribution in [0, 0.1) is 0 Å². The lowest BCUT2D eigenvalue weighted by molar-refractivity contribution is -0.108. The van der Waals surface area contributed by atoms with Crippen LogP contribution < -0.4 is 10.5 Å². The Bertz CT molecular complexity index is 338. The zero-order valence-corrected chi connectivity index (χ0v) is 10.1. The summed E-state index contributed by atoms with van der Waals surface area (Å²) in [5.41, 5.74) is 6.39. The van der Waals surface area contributed by atoms with E-state index in [0.29, 0.717) is 6.42 Å². The van der Waals surface area contributed by atoms with E-state index in [1.54, 1.807) is 0 Å². The van der Waals surface area contributed by atoms with Gasteiger partial charge >= 0.3 is 0 Å². The molecule has 0 aliphatic rings. The molecule has 0 aliphatic carbocycles. The van der Waals surface area contributed by atoms with E-state index in [1.165, 1.54) is 0 Å². The van der Waals surface area contributed by atoms with Crippen LogP contribution >= 0.6 is 0 Å². The van der Waals surface area contributed by atoms with Crippen LogP contribution in [-0.2, 0) is 11.2 Å². The topological polar surface area (TPSA) is 52.3 Å². The lowest BCUT2D eigenvalue weighted by Crippen LogP contribution is -2.24. The van der Waals surface area contributed by atoms with Crippen LogP contribution in [0.1, 0.15) is 26.3 Å². The van der Waals surface area contributed by atoms with Crippen molar-refractivity contribution in [1.29, 1.82) is 0 Å². The molecular weight excluding hydrogens is 202 g/mol. The molecule has 0 spiro atoms. The Morgan fingerprint density at radius 3 is 2.31 bits per heavy atom. The molecule has 0 saturated carbocycles. The van der Waals surface area contributed by atoms with Crippen molar-refractivity contribution in [2.75, 3.05) is 0 Å². The number of nitrogens with two attached hydrogens (primary N) is 1. The SMILES string of the molecule is CC(C)(C)Oc1ccc(C[C@H](N)C=O)cc1. The first kappa shape index (κ1) is 12.7. The van der Waals surface area contributed by atoms with Crippen molar-refractivity contribution in [1.82, 2.24) is 0 Å². The van der Waals surface area contributed by atoms with E-state index in [4.69, 9.17) is 10.5 Å². The molecule has 88 valence electrons. The van der Waals surface area contributed by atoms with Gasteiger partial charge in [0.2, 0.25) is 0 Å². The van der Waals surface area contributed by atoms with E-state index in [-0.39, 0.29) is 5.60 Å². The molecule has 0 unspecified atom stereocenters. The number of rotatable bonds is 4. The van der Waals surface area contributed by atoms with E-state index >= 15 is 0 Å². The van der Waals surface area contributed by atoms with Gasteiger partial charge in [-0.25, -0.2) is 0 Å². The summed E-state index contributed by atoms with van der Waals surface area (Å²) in [5.74, 6) is 0.830. The lowest BCUT2D eigenvalue weighted by atomic mass is 10.1. The average Bonchev–Trinajstić information content (AvgIpc) is 2.18. The van der Waals surface area contributed by atoms with Crippen LogP contribution in [-0.4, -0.2) is 17.9 Å². The van der Waals surface area contributed by atoms with Crippen molar-refractivity contribution in [3.8, 4) is 5.75 Å². The molecular formula is C13H19NO2. The van der Waals surface area contributed by atoms with E-state index < -0.39 is 6.04 Å². The molecule has 0 fully saturated rings. The Hall–Kier alpha value is -1.35. The van der Waals surface area contributed by atoms with Gasteiger partial charge in [0.15, 0.2) is 0 Å². The highest BCUT2D eigenvalue weighted by Gasteiger charge is 2.11. The zero-order chi connectivity index (χ0) is 12.2. The largest absolute Gasteiger partial charge is 0.488 e. The standard InChI is InChI=1S/C13H19NO2/c1-13(2,3)16-12-6-4-10(5-7-12)8-11(14)9-15/h4-7,9,11H,8,14H2,1-3H3/t11-/m0/s1. The van der Waals surface area contributed by atoms with Crippen LogP contribution in [0.4, 0.5) is 0 Å². The molecule has 1 aromatic carbocycles. The molecule has 0 saturated heterocycles. The molecule has 1 rings (SSSR count). The normalized spacial score (nSPS) is 13.2. The van der Waals surface area contributed by atoms with E-state index in [2.05, 4.69) is 0 Å². The summed E-state index contributed by atoms with van der Waals surface area (Å²) in [6, 6.07) is 7.25. The second-order valence-electron chi connectivity index (χ2n) is 4.86. The maximum atomic E-state index is 10.4. The Balaban J connectivity index is 2.64. The van der Waals surface area contributed by atoms with Crippen molar-refractivity contribution >= 4 is 6.29 Å². The minimum absolute atomic E-state index is 0.194. The third-order valence-corrected chi connectivity index (χ3v) is 1.99. The number of carbonyl (C=O) groups is 1. The number of benzene rings is 1. The second kappa shape index (κ2) is 5.12. The van der Waals surface area contributed by atoms with Crippen molar-refractivity contribution in [3.63, 3.8) is 0 Å². The van der Waals surface area contributed by atoms with Gasteiger partial charge in [-0.15, -0.1) is 0 Å². The summed E-state index contributed by atoms with van der Waals surface area (Å²) in [4.78, 5) is 10.4. The summed E-state index contributed by atoms with van der Waals surface area (Å²) in [7, 11) is 0. The maximum Gasteiger partial charge on any atom is 0.137 e. The predicted octanol–water partition coefficient (Wildman–Crippen LogP) is 1.93. The quantitative estimate of drug-likeness (QED) is 0.790. The Kier molecular flexibility index (Phi) is 4.07. The van der Waals surface area contributed by atoms with Crippen LogP contribution in [0.3, 0.4) is 0 Å². The molecule has 1 atom stereocenters. The first-order valence-electron chi connectivity index (χ1n) is 5.39. The summed E-state index contributed by atoms with van der Waals surface area (Å²) >= 11 is 0. The van der Waals surface area contributed by atoms with Crippen LogP contribution in [0.25, 0.3) is 0 Å². The third-order valence-electron chi connectivity index (χ3n) is 1.99. The van der Waals surface area contributed by atoms with Gasteiger partial charge in [-0.3, -0.25) is 0 Å². The van der Waals surface area contributed by atoms with Crippen LogP contribution in [0.2, 0.25) is 0 Å². The van der Waals surface area contributed by atoms with Gasteiger partial charge in [0, 0.05) is 0 Å². The Morgan fingerprint density at radius 2 is 1.88 bits per heavy atom. The minimum Gasteiger partial charge on any atom is -0.488 e. The molecule has 0 aromatic heterocycles. The number of hydrogen-bond acceptors (Lipinski definition) is 3. The number of aldehydes is 1. The smallest absolute Gasteiger partial charge is 0.137 e. The molecule has 0 bridgehead atoms. The second-order valence-corrected chi connectivity index (χ2v) is 4.86. The van der Waals surface area contributed by atoms with Gasteiger partial charge in [0.05, 0.1) is 6.04 Å². The molecule has 3 nitrogen and oxygen atoms in total. The van der Waals surface area contributed by atoms with Crippen molar-refractivity contribution in [2.24, 2.45) is 5.73 Å². The van der Waals surface area contributed by atoms with Crippen molar-refractivity contribution in [2.45, 2.75) is 38.8 Å². The predicted molar refractivity (Wildman–Crippen MR) is 64.6 cm³/mol. The monoisotopic (exact) mass is 221 g/mol. The van der Waals surface area contributed by atoms with Crippen LogP contribution in [0.5, 0.6) is 5.75 Å². The Labute approximate surface area is 96.6 Å². The number of hydrogen-bond donors (Lipinski definition) is 1. The van der Waals surface area contributed by atoms with Gasteiger partial charge in [-0.05, 0) is 44.9 Å². The first-order valence-corrected chi connectivity index (χ1v) is 5.39. The maximum absolute atomic E-state index is 10.4. The highest BCUT2D eigenvalue weighted by molar-refractivity contribution is 5.57. The molecule has 2 N–H and O–H groups in total.